The summed E-state index contributed by atoms with van der Waals surface area (Å²) >= 11 is 0. The fraction of sp³-hybridized carbons (Fsp3) is 0.421. The molecule has 0 amide bonds. The van der Waals surface area contributed by atoms with Crippen LogP contribution in [0.2, 0.25) is 0 Å². The summed E-state index contributed by atoms with van der Waals surface area (Å²) in [7, 11) is 0. The molecule has 4 rings (SSSR count). The molecule has 0 unspecified atom stereocenters. The second-order valence-corrected chi connectivity index (χ2v) is 6.77. The predicted octanol–water partition coefficient (Wildman–Crippen LogP) is 3.47. The Kier molecular flexibility index (Phi) is 4.36. The van der Waals surface area contributed by atoms with Crippen molar-refractivity contribution in [2.45, 2.75) is 45.3 Å². The molecular weight excluding hydrogens is 314 g/mol. The van der Waals surface area contributed by atoms with Crippen LogP contribution in [0.15, 0.2) is 47.2 Å². The van der Waals surface area contributed by atoms with Gasteiger partial charge in [-0.25, -0.2) is 0 Å². The molecule has 6 heteroatoms. The molecule has 0 aliphatic carbocycles. The van der Waals surface area contributed by atoms with Gasteiger partial charge in [0, 0.05) is 17.8 Å². The lowest BCUT2D eigenvalue weighted by Crippen LogP contribution is -2.35. The number of aromatic nitrogens is 4. The van der Waals surface area contributed by atoms with Crippen LogP contribution in [-0.2, 0) is 6.54 Å². The van der Waals surface area contributed by atoms with Crippen molar-refractivity contribution in [1.82, 2.24) is 24.8 Å². The number of aryl methyl sites for hydroxylation is 1. The van der Waals surface area contributed by atoms with Crippen molar-refractivity contribution in [3.05, 3.63) is 54.2 Å². The van der Waals surface area contributed by atoms with Gasteiger partial charge in [-0.1, -0.05) is 35.5 Å². The van der Waals surface area contributed by atoms with Crippen molar-refractivity contribution >= 4 is 0 Å². The highest BCUT2D eigenvalue weighted by molar-refractivity contribution is 5.53. The highest BCUT2D eigenvalue weighted by Gasteiger charge is 2.32. The van der Waals surface area contributed by atoms with Crippen LogP contribution in [0.1, 0.15) is 37.3 Å². The van der Waals surface area contributed by atoms with E-state index in [9.17, 15) is 0 Å². The maximum absolute atomic E-state index is 5.57. The third-order valence-electron chi connectivity index (χ3n) is 4.91. The first-order chi connectivity index (χ1) is 12.2. The topological polar surface area (TPSA) is 60.0 Å². The molecule has 1 aliphatic heterocycles. The van der Waals surface area contributed by atoms with E-state index in [1.54, 1.807) is 0 Å². The van der Waals surface area contributed by atoms with Crippen LogP contribution in [0.5, 0.6) is 0 Å². The molecule has 1 saturated heterocycles. The number of benzene rings is 1. The van der Waals surface area contributed by atoms with Crippen LogP contribution >= 0.6 is 0 Å². The summed E-state index contributed by atoms with van der Waals surface area (Å²) in [6.45, 7) is 6.17. The van der Waals surface area contributed by atoms with Crippen molar-refractivity contribution in [3.63, 3.8) is 0 Å². The van der Waals surface area contributed by atoms with Gasteiger partial charge in [-0.05, 0) is 38.8 Å². The van der Waals surface area contributed by atoms with Gasteiger partial charge in [0.2, 0.25) is 11.7 Å². The lowest BCUT2D eigenvalue weighted by molar-refractivity contribution is 0.144. The SMILES string of the molecule is Cc1cnn(C[C@@H]2CCCN2[C@H](C)c2nc(-c3ccccc3)no2)c1. The molecule has 6 nitrogen and oxygen atoms in total. The van der Waals surface area contributed by atoms with Gasteiger partial charge in [0.15, 0.2) is 0 Å². The molecule has 2 aromatic heterocycles. The number of rotatable bonds is 5. The van der Waals surface area contributed by atoms with Gasteiger partial charge < -0.3 is 4.52 Å². The average molecular weight is 337 g/mol. The van der Waals surface area contributed by atoms with E-state index < -0.39 is 0 Å². The summed E-state index contributed by atoms with van der Waals surface area (Å²) in [5, 5.41) is 8.59. The summed E-state index contributed by atoms with van der Waals surface area (Å²) in [4.78, 5) is 7.09. The van der Waals surface area contributed by atoms with E-state index in [4.69, 9.17) is 4.52 Å². The molecule has 2 atom stereocenters. The molecular formula is C19H23N5O. The molecule has 0 radical (unpaired) electrons. The molecule has 25 heavy (non-hydrogen) atoms. The summed E-state index contributed by atoms with van der Waals surface area (Å²) in [5.41, 5.74) is 2.18. The molecule has 0 bridgehead atoms. The normalized spacial score (nSPS) is 19.4. The van der Waals surface area contributed by atoms with Gasteiger partial charge in [-0.15, -0.1) is 0 Å². The minimum absolute atomic E-state index is 0.106. The van der Waals surface area contributed by atoms with Crippen LogP contribution in [-0.4, -0.2) is 37.4 Å². The standard InChI is InChI=1S/C19H23N5O/c1-14-11-20-23(12-14)13-17-9-6-10-24(17)15(2)19-21-18(22-25-19)16-7-4-3-5-8-16/h3-5,7-8,11-12,15,17H,6,9-10,13H2,1-2H3/t15-,17+/m1/s1. The molecule has 0 spiro atoms. The minimum atomic E-state index is 0.106. The largest absolute Gasteiger partial charge is 0.337 e. The van der Waals surface area contributed by atoms with Crippen LogP contribution in [0.25, 0.3) is 11.4 Å². The van der Waals surface area contributed by atoms with Crippen LogP contribution < -0.4 is 0 Å². The van der Waals surface area contributed by atoms with Gasteiger partial charge in [-0.3, -0.25) is 9.58 Å². The predicted molar refractivity (Wildman–Crippen MR) is 94.8 cm³/mol. The maximum Gasteiger partial charge on any atom is 0.244 e. The summed E-state index contributed by atoms with van der Waals surface area (Å²) in [6.07, 6.45) is 6.37. The third kappa shape index (κ3) is 3.35. The lowest BCUT2D eigenvalue weighted by atomic mass is 10.2. The minimum Gasteiger partial charge on any atom is -0.337 e. The Bertz CT molecular complexity index is 825. The van der Waals surface area contributed by atoms with E-state index in [1.807, 2.05) is 41.2 Å². The van der Waals surface area contributed by atoms with E-state index in [-0.39, 0.29) is 6.04 Å². The van der Waals surface area contributed by atoms with E-state index >= 15 is 0 Å². The molecule has 3 heterocycles. The van der Waals surface area contributed by atoms with E-state index in [0.29, 0.717) is 17.8 Å². The zero-order chi connectivity index (χ0) is 17.2. The van der Waals surface area contributed by atoms with Gasteiger partial charge >= 0.3 is 0 Å². The molecule has 3 aromatic rings. The molecule has 0 N–H and O–H groups in total. The third-order valence-corrected chi connectivity index (χ3v) is 4.91. The Balaban J connectivity index is 1.50. The van der Waals surface area contributed by atoms with Crippen molar-refractivity contribution < 1.29 is 4.52 Å². The molecule has 1 fully saturated rings. The van der Waals surface area contributed by atoms with Gasteiger partial charge in [0.05, 0.1) is 18.8 Å². The number of hydrogen-bond acceptors (Lipinski definition) is 5. The Hall–Kier alpha value is -2.47. The van der Waals surface area contributed by atoms with Crippen LogP contribution in [0, 0.1) is 6.92 Å². The number of nitrogens with zero attached hydrogens (tertiary/aromatic N) is 5. The fourth-order valence-corrected chi connectivity index (χ4v) is 3.60. The average Bonchev–Trinajstić information content (AvgIpc) is 3.37. The Morgan fingerprint density at radius 1 is 1.28 bits per heavy atom. The fourth-order valence-electron chi connectivity index (χ4n) is 3.60. The monoisotopic (exact) mass is 337 g/mol. The molecule has 1 aliphatic rings. The Morgan fingerprint density at radius 2 is 2.12 bits per heavy atom. The van der Waals surface area contributed by atoms with E-state index in [1.165, 1.54) is 18.4 Å². The van der Waals surface area contributed by atoms with Crippen LogP contribution in [0.4, 0.5) is 0 Å². The van der Waals surface area contributed by atoms with Crippen LogP contribution in [0.3, 0.4) is 0 Å². The highest BCUT2D eigenvalue weighted by atomic mass is 16.5. The van der Waals surface area contributed by atoms with Crippen molar-refractivity contribution in [1.29, 1.82) is 0 Å². The van der Waals surface area contributed by atoms with Gasteiger partial charge in [-0.2, -0.15) is 10.1 Å². The Labute approximate surface area is 147 Å². The lowest BCUT2D eigenvalue weighted by Gasteiger charge is -2.28. The Morgan fingerprint density at radius 3 is 2.88 bits per heavy atom. The van der Waals surface area contributed by atoms with Crippen molar-refractivity contribution in [2.24, 2.45) is 0 Å². The van der Waals surface area contributed by atoms with E-state index in [0.717, 1.165) is 18.7 Å². The summed E-state index contributed by atoms with van der Waals surface area (Å²) < 4.78 is 7.61. The quantitative estimate of drug-likeness (QED) is 0.713. The summed E-state index contributed by atoms with van der Waals surface area (Å²) in [5.74, 6) is 1.34. The van der Waals surface area contributed by atoms with E-state index in [2.05, 4.69) is 40.2 Å². The zero-order valence-electron chi connectivity index (χ0n) is 14.7. The first-order valence-electron chi connectivity index (χ1n) is 8.84. The number of likely N-dealkylation sites (tertiary alicyclic amines) is 1. The zero-order valence-corrected chi connectivity index (χ0v) is 14.7. The maximum atomic E-state index is 5.57. The van der Waals surface area contributed by atoms with Gasteiger partial charge in [0.1, 0.15) is 0 Å². The van der Waals surface area contributed by atoms with Crippen molar-refractivity contribution in [3.8, 4) is 11.4 Å². The summed E-state index contributed by atoms with van der Waals surface area (Å²) in [6, 6.07) is 10.5. The highest BCUT2D eigenvalue weighted by Crippen LogP contribution is 2.30. The second kappa shape index (κ2) is 6.80. The first-order valence-corrected chi connectivity index (χ1v) is 8.84. The van der Waals surface area contributed by atoms with Crippen molar-refractivity contribution in [2.75, 3.05) is 6.54 Å². The number of hydrogen-bond donors (Lipinski definition) is 0. The molecule has 1 aromatic carbocycles. The molecule has 130 valence electrons. The van der Waals surface area contributed by atoms with Gasteiger partial charge in [0.25, 0.3) is 0 Å². The first kappa shape index (κ1) is 16.0. The second-order valence-electron chi connectivity index (χ2n) is 6.77. The molecule has 0 saturated carbocycles. The smallest absolute Gasteiger partial charge is 0.244 e.